The number of benzene rings is 3. The van der Waals surface area contributed by atoms with Gasteiger partial charge in [-0.1, -0.05) is 30.3 Å². The SMILES string of the molecule is CSc1cccc(NS(=O)(=O)c2cccc3c(N(C)C)cccc23)c1. The molecule has 3 aromatic carbocycles. The van der Waals surface area contributed by atoms with Crippen LogP contribution < -0.4 is 9.62 Å². The second-order valence-electron chi connectivity index (χ2n) is 5.86. The molecule has 0 radical (unpaired) electrons. The van der Waals surface area contributed by atoms with Crippen molar-refractivity contribution >= 4 is 43.9 Å². The van der Waals surface area contributed by atoms with Crippen molar-refractivity contribution in [2.45, 2.75) is 9.79 Å². The van der Waals surface area contributed by atoms with Crippen LogP contribution in [-0.2, 0) is 10.0 Å². The number of sulfonamides is 1. The molecule has 0 aliphatic rings. The first-order chi connectivity index (χ1) is 11.9. The van der Waals surface area contributed by atoms with E-state index in [9.17, 15) is 8.42 Å². The molecule has 0 saturated carbocycles. The van der Waals surface area contributed by atoms with Crippen LogP contribution in [-0.4, -0.2) is 28.8 Å². The first-order valence-electron chi connectivity index (χ1n) is 7.78. The van der Waals surface area contributed by atoms with Crippen LogP contribution >= 0.6 is 11.8 Å². The number of anilines is 2. The summed E-state index contributed by atoms with van der Waals surface area (Å²) in [5.41, 5.74) is 1.55. The molecule has 6 heteroatoms. The predicted molar refractivity (Wildman–Crippen MR) is 107 cm³/mol. The van der Waals surface area contributed by atoms with Gasteiger partial charge in [-0.2, -0.15) is 0 Å². The van der Waals surface area contributed by atoms with E-state index in [0.29, 0.717) is 11.1 Å². The van der Waals surface area contributed by atoms with Crippen LogP contribution in [0.4, 0.5) is 11.4 Å². The average Bonchev–Trinajstić information content (AvgIpc) is 2.60. The zero-order chi connectivity index (χ0) is 18.0. The van der Waals surface area contributed by atoms with Gasteiger partial charge in [0.05, 0.1) is 4.90 Å². The second kappa shape index (κ2) is 6.98. The van der Waals surface area contributed by atoms with Crippen molar-refractivity contribution in [3.63, 3.8) is 0 Å². The Hall–Kier alpha value is -2.18. The molecule has 0 atom stereocenters. The Morgan fingerprint density at radius 3 is 2.32 bits per heavy atom. The molecule has 0 amide bonds. The zero-order valence-electron chi connectivity index (χ0n) is 14.4. The van der Waals surface area contributed by atoms with Crippen molar-refractivity contribution in [1.82, 2.24) is 0 Å². The lowest BCUT2D eigenvalue weighted by Crippen LogP contribution is -2.14. The third-order valence-corrected chi connectivity index (χ3v) is 6.12. The summed E-state index contributed by atoms with van der Waals surface area (Å²) in [5.74, 6) is 0. The van der Waals surface area contributed by atoms with Gasteiger partial charge in [-0.3, -0.25) is 4.72 Å². The fourth-order valence-corrected chi connectivity index (χ4v) is 4.52. The molecular weight excluding hydrogens is 352 g/mol. The van der Waals surface area contributed by atoms with Crippen LogP contribution in [0.5, 0.6) is 0 Å². The highest BCUT2D eigenvalue weighted by molar-refractivity contribution is 7.98. The van der Waals surface area contributed by atoms with Crippen molar-refractivity contribution in [2.75, 3.05) is 30.0 Å². The van der Waals surface area contributed by atoms with E-state index in [2.05, 4.69) is 4.72 Å². The summed E-state index contributed by atoms with van der Waals surface area (Å²) >= 11 is 1.57. The standard InChI is InChI=1S/C19H20N2O2S2/c1-21(2)18-11-5-10-17-16(18)9-6-12-19(17)25(22,23)20-14-7-4-8-15(13-14)24-3/h4-13,20H,1-3H3. The van der Waals surface area contributed by atoms with Gasteiger partial charge in [-0.05, 0) is 36.6 Å². The fraction of sp³-hybridized carbons (Fsp3) is 0.158. The highest BCUT2D eigenvalue weighted by Gasteiger charge is 2.18. The number of rotatable bonds is 5. The van der Waals surface area contributed by atoms with Gasteiger partial charge >= 0.3 is 0 Å². The van der Waals surface area contributed by atoms with Crippen molar-refractivity contribution in [3.05, 3.63) is 60.7 Å². The van der Waals surface area contributed by atoms with Crippen LogP contribution in [0, 0.1) is 0 Å². The van der Waals surface area contributed by atoms with E-state index in [4.69, 9.17) is 0 Å². The minimum Gasteiger partial charge on any atom is -0.377 e. The number of nitrogens with zero attached hydrogens (tertiary/aromatic N) is 1. The van der Waals surface area contributed by atoms with E-state index in [1.54, 1.807) is 30.0 Å². The molecule has 4 nitrogen and oxygen atoms in total. The van der Waals surface area contributed by atoms with Crippen LogP contribution in [0.15, 0.2) is 70.5 Å². The van der Waals surface area contributed by atoms with E-state index in [-0.39, 0.29) is 4.90 Å². The van der Waals surface area contributed by atoms with Gasteiger partial charge in [0.25, 0.3) is 10.0 Å². The average molecular weight is 373 g/mol. The molecule has 0 heterocycles. The van der Waals surface area contributed by atoms with E-state index >= 15 is 0 Å². The number of thioether (sulfide) groups is 1. The lowest BCUT2D eigenvalue weighted by atomic mass is 10.1. The number of hydrogen-bond acceptors (Lipinski definition) is 4. The third kappa shape index (κ3) is 3.60. The molecule has 0 fully saturated rings. The van der Waals surface area contributed by atoms with Crippen LogP contribution in [0.3, 0.4) is 0 Å². The molecule has 1 N–H and O–H groups in total. The summed E-state index contributed by atoms with van der Waals surface area (Å²) < 4.78 is 28.6. The predicted octanol–water partition coefficient (Wildman–Crippen LogP) is 4.43. The molecule has 3 rings (SSSR count). The van der Waals surface area contributed by atoms with Gasteiger partial charge in [-0.15, -0.1) is 11.8 Å². The van der Waals surface area contributed by atoms with Crippen molar-refractivity contribution in [1.29, 1.82) is 0 Å². The van der Waals surface area contributed by atoms with Crippen LogP contribution in [0.2, 0.25) is 0 Å². The number of nitrogens with one attached hydrogen (secondary N) is 1. The Kier molecular flexibility index (Phi) is 4.92. The molecule has 25 heavy (non-hydrogen) atoms. The zero-order valence-corrected chi connectivity index (χ0v) is 16.0. The first kappa shape index (κ1) is 17.6. The van der Waals surface area contributed by atoms with Gasteiger partial charge in [0, 0.05) is 41.1 Å². The summed E-state index contributed by atoms with van der Waals surface area (Å²) in [6.45, 7) is 0. The topological polar surface area (TPSA) is 49.4 Å². The maximum absolute atomic E-state index is 13.0. The molecular formula is C19H20N2O2S2. The summed E-state index contributed by atoms with van der Waals surface area (Å²) in [5, 5.41) is 1.62. The van der Waals surface area contributed by atoms with E-state index in [0.717, 1.165) is 16.0 Å². The quantitative estimate of drug-likeness (QED) is 0.673. The normalized spacial score (nSPS) is 11.5. The maximum Gasteiger partial charge on any atom is 0.262 e. The highest BCUT2D eigenvalue weighted by Crippen LogP contribution is 2.31. The largest absolute Gasteiger partial charge is 0.377 e. The Labute approximate surface area is 152 Å². The number of fused-ring (bicyclic) bond motifs is 1. The van der Waals surface area contributed by atoms with E-state index in [1.165, 1.54) is 0 Å². The van der Waals surface area contributed by atoms with Gasteiger partial charge in [0.1, 0.15) is 0 Å². The molecule has 130 valence electrons. The van der Waals surface area contributed by atoms with Crippen molar-refractivity contribution in [3.8, 4) is 0 Å². The van der Waals surface area contributed by atoms with Crippen LogP contribution in [0.1, 0.15) is 0 Å². The van der Waals surface area contributed by atoms with Crippen LogP contribution in [0.25, 0.3) is 10.8 Å². The lowest BCUT2D eigenvalue weighted by molar-refractivity contribution is 0.602. The molecule has 0 aliphatic carbocycles. The number of hydrogen-bond donors (Lipinski definition) is 1. The first-order valence-corrected chi connectivity index (χ1v) is 10.5. The fourth-order valence-electron chi connectivity index (χ4n) is 2.79. The van der Waals surface area contributed by atoms with Gasteiger partial charge in [0.2, 0.25) is 0 Å². The summed E-state index contributed by atoms with van der Waals surface area (Å²) in [4.78, 5) is 3.27. The molecule has 0 spiro atoms. The molecule has 0 bridgehead atoms. The second-order valence-corrected chi connectivity index (χ2v) is 8.39. The van der Waals surface area contributed by atoms with Gasteiger partial charge < -0.3 is 4.90 Å². The highest BCUT2D eigenvalue weighted by atomic mass is 32.2. The smallest absolute Gasteiger partial charge is 0.262 e. The molecule has 0 unspecified atom stereocenters. The maximum atomic E-state index is 13.0. The van der Waals surface area contributed by atoms with Crippen molar-refractivity contribution < 1.29 is 8.42 Å². The Balaban J connectivity index is 2.10. The minimum atomic E-state index is -3.69. The molecule has 0 aliphatic heterocycles. The van der Waals surface area contributed by atoms with E-state index in [1.807, 2.05) is 67.7 Å². The lowest BCUT2D eigenvalue weighted by Gasteiger charge is -2.17. The monoisotopic (exact) mass is 372 g/mol. The third-order valence-electron chi connectivity index (χ3n) is 3.95. The molecule has 0 aromatic heterocycles. The van der Waals surface area contributed by atoms with Gasteiger partial charge in [-0.25, -0.2) is 8.42 Å². The summed E-state index contributed by atoms with van der Waals surface area (Å²) in [6.07, 6.45) is 1.96. The van der Waals surface area contributed by atoms with Crippen molar-refractivity contribution in [2.24, 2.45) is 0 Å². The Morgan fingerprint density at radius 1 is 0.920 bits per heavy atom. The molecule has 3 aromatic rings. The van der Waals surface area contributed by atoms with E-state index < -0.39 is 10.0 Å². The Bertz CT molecular complexity index is 1010. The minimum absolute atomic E-state index is 0.281. The Morgan fingerprint density at radius 2 is 1.60 bits per heavy atom. The summed E-state index contributed by atoms with van der Waals surface area (Å²) in [6, 6.07) is 18.4. The molecule has 0 saturated heterocycles. The summed E-state index contributed by atoms with van der Waals surface area (Å²) in [7, 11) is 0.208. The van der Waals surface area contributed by atoms with Gasteiger partial charge in [0.15, 0.2) is 0 Å².